The molecule has 0 bridgehead atoms. The lowest BCUT2D eigenvalue weighted by atomic mass is 9.86. The minimum atomic E-state index is -0.202. The summed E-state index contributed by atoms with van der Waals surface area (Å²) in [5.41, 5.74) is 8.88. The lowest BCUT2D eigenvalue weighted by molar-refractivity contribution is -0.122. The van der Waals surface area contributed by atoms with Crippen molar-refractivity contribution in [1.29, 1.82) is 0 Å². The van der Waals surface area contributed by atoms with Gasteiger partial charge in [-0.2, -0.15) is 0 Å². The molecule has 1 atom stereocenters. The van der Waals surface area contributed by atoms with E-state index in [-0.39, 0.29) is 11.8 Å². The number of nitrogens with one attached hydrogen (secondary N) is 1. The maximum atomic E-state index is 11.2. The van der Waals surface area contributed by atoms with Crippen LogP contribution in [0.4, 0.5) is 0 Å². The number of carbonyl (C=O) groups is 1. The van der Waals surface area contributed by atoms with Crippen molar-refractivity contribution >= 4 is 28.4 Å². The van der Waals surface area contributed by atoms with Gasteiger partial charge < -0.3 is 10.7 Å². The molecule has 1 aliphatic rings. The molecule has 3 N–H and O–H groups in total. The Morgan fingerprint density at radius 2 is 2.29 bits per heavy atom. The van der Waals surface area contributed by atoms with Crippen molar-refractivity contribution in [2.24, 2.45) is 11.7 Å². The molecule has 3 rings (SSSR count). The predicted octanol–water partition coefficient (Wildman–Crippen LogP) is 2.41. The SMILES string of the molecule is NC(=O)[C@H]1CCc2c([nH]c3ccc(Cl)cc23)C1. The fourth-order valence-corrected chi connectivity index (χ4v) is 2.82. The molecule has 2 aromatic rings. The first kappa shape index (κ1) is 10.7. The number of primary amides is 1. The molecule has 1 aromatic heterocycles. The van der Waals surface area contributed by atoms with Crippen LogP contribution in [0.5, 0.6) is 0 Å². The van der Waals surface area contributed by atoms with E-state index < -0.39 is 0 Å². The number of carbonyl (C=O) groups excluding carboxylic acids is 1. The average molecular weight is 249 g/mol. The topological polar surface area (TPSA) is 58.9 Å². The Bertz CT molecular complexity index is 603. The molecular formula is C13H13ClN2O. The zero-order valence-corrected chi connectivity index (χ0v) is 10.1. The van der Waals surface area contributed by atoms with Crippen LogP contribution in [0.25, 0.3) is 10.9 Å². The fraction of sp³-hybridized carbons (Fsp3) is 0.308. The van der Waals surface area contributed by atoms with Crippen LogP contribution in [-0.2, 0) is 17.6 Å². The van der Waals surface area contributed by atoms with Crippen molar-refractivity contribution in [2.45, 2.75) is 19.3 Å². The zero-order valence-electron chi connectivity index (χ0n) is 9.29. The molecule has 88 valence electrons. The van der Waals surface area contributed by atoms with E-state index in [0.29, 0.717) is 0 Å². The van der Waals surface area contributed by atoms with Crippen LogP contribution in [0.15, 0.2) is 18.2 Å². The second kappa shape index (κ2) is 3.77. The summed E-state index contributed by atoms with van der Waals surface area (Å²) in [5.74, 6) is -0.238. The van der Waals surface area contributed by atoms with Gasteiger partial charge in [-0.3, -0.25) is 4.79 Å². The smallest absolute Gasteiger partial charge is 0.220 e. The Hall–Kier alpha value is -1.48. The summed E-state index contributed by atoms with van der Waals surface area (Å²) in [5, 5.41) is 1.92. The molecule has 0 aliphatic heterocycles. The van der Waals surface area contributed by atoms with Crippen molar-refractivity contribution in [2.75, 3.05) is 0 Å². The summed E-state index contributed by atoms with van der Waals surface area (Å²) in [4.78, 5) is 14.6. The Morgan fingerprint density at radius 1 is 1.47 bits per heavy atom. The zero-order chi connectivity index (χ0) is 12.0. The van der Waals surface area contributed by atoms with E-state index >= 15 is 0 Å². The van der Waals surface area contributed by atoms with Gasteiger partial charge in [0.15, 0.2) is 0 Å². The third kappa shape index (κ3) is 1.71. The van der Waals surface area contributed by atoms with Crippen LogP contribution >= 0.6 is 11.6 Å². The molecule has 1 aliphatic carbocycles. The summed E-state index contributed by atoms with van der Waals surface area (Å²) in [6, 6.07) is 5.84. The molecule has 0 spiro atoms. The first-order valence-electron chi connectivity index (χ1n) is 5.73. The highest BCUT2D eigenvalue weighted by Crippen LogP contribution is 2.32. The second-order valence-corrected chi connectivity index (χ2v) is 5.05. The molecule has 17 heavy (non-hydrogen) atoms. The van der Waals surface area contributed by atoms with Gasteiger partial charge >= 0.3 is 0 Å². The second-order valence-electron chi connectivity index (χ2n) is 4.61. The molecule has 0 saturated heterocycles. The van der Waals surface area contributed by atoms with Gasteiger partial charge in [-0.15, -0.1) is 0 Å². The number of nitrogens with two attached hydrogens (primary N) is 1. The number of rotatable bonds is 1. The number of H-pyrrole nitrogens is 1. The van der Waals surface area contributed by atoms with Crippen LogP contribution in [0.1, 0.15) is 17.7 Å². The fourth-order valence-electron chi connectivity index (χ4n) is 2.65. The van der Waals surface area contributed by atoms with Crippen molar-refractivity contribution in [3.05, 3.63) is 34.5 Å². The number of aromatic nitrogens is 1. The number of hydrogen-bond donors (Lipinski definition) is 2. The molecule has 4 heteroatoms. The Labute approximate surface area is 104 Å². The molecule has 0 saturated carbocycles. The normalized spacial score (nSPS) is 19.2. The largest absolute Gasteiger partial charge is 0.369 e. The molecule has 3 nitrogen and oxygen atoms in total. The summed E-state index contributed by atoms with van der Waals surface area (Å²) >= 11 is 6.01. The lowest BCUT2D eigenvalue weighted by Crippen LogP contribution is -2.28. The third-order valence-corrected chi connectivity index (χ3v) is 3.79. The van der Waals surface area contributed by atoms with E-state index in [1.54, 1.807) is 0 Å². The van der Waals surface area contributed by atoms with Gasteiger partial charge in [0.1, 0.15) is 0 Å². The van der Waals surface area contributed by atoms with Gasteiger partial charge in [-0.05, 0) is 43.0 Å². The van der Waals surface area contributed by atoms with E-state index in [4.69, 9.17) is 17.3 Å². The number of aryl methyl sites for hydroxylation is 1. The first-order valence-corrected chi connectivity index (χ1v) is 6.11. The van der Waals surface area contributed by atoms with Gasteiger partial charge in [-0.25, -0.2) is 0 Å². The highest BCUT2D eigenvalue weighted by Gasteiger charge is 2.25. The minimum Gasteiger partial charge on any atom is -0.369 e. The van der Waals surface area contributed by atoms with Crippen LogP contribution in [0, 0.1) is 5.92 Å². The number of hydrogen-bond acceptors (Lipinski definition) is 1. The van der Waals surface area contributed by atoms with Gasteiger partial charge in [0.2, 0.25) is 5.91 Å². The first-order chi connectivity index (χ1) is 8.15. The minimum absolute atomic E-state index is 0.0361. The van der Waals surface area contributed by atoms with E-state index in [0.717, 1.165) is 35.5 Å². The number of aromatic amines is 1. The molecule has 1 amide bonds. The van der Waals surface area contributed by atoms with E-state index in [1.165, 1.54) is 10.9 Å². The number of benzene rings is 1. The average Bonchev–Trinajstić information content (AvgIpc) is 2.66. The monoisotopic (exact) mass is 248 g/mol. The summed E-state index contributed by atoms with van der Waals surface area (Å²) < 4.78 is 0. The highest BCUT2D eigenvalue weighted by atomic mass is 35.5. The molecule has 0 radical (unpaired) electrons. The summed E-state index contributed by atoms with van der Waals surface area (Å²) in [6.07, 6.45) is 2.45. The van der Waals surface area contributed by atoms with Crippen LogP contribution < -0.4 is 5.73 Å². The molecule has 0 fully saturated rings. The van der Waals surface area contributed by atoms with Crippen LogP contribution in [-0.4, -0.2) is 10.9 Å². The number of fused-ring (bicyclic) bond motifs is 3. The van der Waals surface area contributed by atoms with E-state index in [2.05, 4.69) is 4.98 Å². The molecule has 1 heterocycles. The predicted molar refractivity (Wildman–Crippen MR) is 68.0 cm³/mol. The standard InChI is InChI=1S/C13H13ClN2O/c14-8-2-4-11-10(6-8)9-3-1-7(13(15)17)5-12(9)16-11/h2,4,6-7,16H,1,3,5H2,(H2,15,17)/t7-/m0/s1. The van der Waals surface area contributed by atoms with Gasteiger partial charge in [0, 0.05) is 27.5 Å². The molecule has 0 unspecified atom stereocenters. The van der Waals surface area contributed by atoms with E-state index in [1.807, 2.05) is 18.2 Å². The number of amides is 1. The Balaban J connectivity index is 2.10. The number of halogens is 1. The third-order valence-electron chi connectivity index (χ3n) is 3.55. The Morgan fingerprint density at radius 3 is 3.06 bits per heavy atom. The molecular weight excluding hydrogens is 236 g/mol. The van der Waals surface area contributed by atoms with Gasteiger partial charge in [-0.1, -0.05) is 11.6 Å². The van der Waals surface area contributed by atoms with E-state index in [9.17, 15) is 4.79 Å². The summed E-state index contributed by atoms with van der Waals surface area (Å²) in [6.45, 7) is 0. The van der Waals surface area contributed by atoms with Gasteiger partial charge in [0.25, 0.3) is 0 Å². The highest BCUT2D eigenvalue weighted by molar-refractivity contribution is 6.31. The lowest BCUT2D eigenvalue weighted by Gasteiger charge is -2.19. The van der Waals surface area contributed by atoms with Crippen molar-refractivity contribution in [3.63, 3.8) is 0 Å². The molecule has 1 aromatic carbocycles. The maximum Gasteiger partial charge on any atom is 0.220 e. The Kier molecular flexibility index (Phi) is 2.37. The quantitative estimate of drug-likeness (QED) is 0.800. The maximum absolute atomic E-state index is 11.2. The van der Waals surface area contributed by atoms with Crippen molar-refractivity contribution in [1.82, 2.24) is 4.98 Å². The van der Waals surface area contributed by atoms with Crippen molar-refractivity contribution < 1.29 is 4.79 Å². The van der Waals surface area contributed by atoms with Crippen LogP contribution in [0.3, 0.4) is 0 Å². The van der Waals surface area contributed by atoms with Gasteiger partial charge in [0.05, 0.1) is 0 Å². The summed E-state index contributed by atoms with van der Waals surface area (Å²) in [7, 11) is 0. The van der Waals surface area contributed by atoms with Crippen molar-refractivity contribution in [3.8, 4) is 0 Å². The van der Waals surface area contributed by atoms with Crippen LogP contribution in [0.2, 0.25) is 5.02 Å².